The minimum atomic E-state index is -4.48. The molecule has 0 bridgehead atoms. The van der Waals surface area contributed by atoms with E-state index in [0.717, 1.165) is 31.7 Å². The van der Waals surface area contributed by atoms with Crippen molar-refractivity contribution < 1.29 is 23.1 Å². The first kappa shape index (κ1) is 16.3. The van der Waals surface area contributed by atoms with Crippen molar-refractivity contribution in [1.82, 2.24) is 0 Å². The summed E-state index contributed by atoms with van der Waals surface area (Å²) >= 11 is 0. The van der Waals surface area contributed by atoms with E-state index in [-0.39, 0.29) is 17.2 Å². The normalized spacial score (nSPS) is 25.9. The van der Waals surface area contributed by atoms with Crippen LogP contribution in [0.25, 0.3) is 0 Å². The second kappa shape index (κ2) is 5.51. The summed E-state index contributed by atoms with van der Waals surface area (Å²) in [7, 11) is 0. The fraction of sp³-hybridized carbons (Fsp3) is 0.588. The molecule has 1 heterocycles. The molecule has 2 N–H and O–H groups in total. The number of hydrogen-bond donors (Lipinski definition) is 2. The number of carbonyl (C=O) groups is 1. The lowest BCUT2D eigenvalue weighted by Gasteiger charge is -2.30. The molecule has 1 atom stereocenters. The van der Waals surface area contributed by atoms with E-state index in [0.29, 0.717) is 18.4 Å². The molecule has 126 valence electrons. The highest BCUT2D eigenvalue weighted by Crippen LogP contribution is 2.48. The molecule has 0 radical (unpaired) electrons. The van der Waals surface area contributed by atoms with Crippen molar-refractivity contribution in [1.29, 1.82) is 0 Å². The Morgan fingerprint density at radius 2 is 1.78 bits per heavy atom. The van der Waals surface area contributed by atoms with Crippen LogP contribution in [0.5, 0.6) is 0 Å². The monoisotopic (exact) mass is 327 g/mol. The van der Waals surface area contributed by atoms with Gasteiger partial charge in [-0.15, -0.1) is 0 Å². The number of carbonyl (C=O) groups excluding carboxylic acids is 1. The molecular weight excluding hydrogens is 307 g/mol. The van der Waals surface area contributed by atoms with E-state index in [9.17, 15) is 23.1 Å². The predicted octanol–water partition coefficient (Wildman–Crippen LogP) is 4.12. The second-order valence-corrected chi connectivity index (χ2v) is 6.57. The SMILES string of the molecule is Cc1c(C(F)(F)F)ccc2c1NC(=O)C2(O)C1CCCCCC1. The fourth-order valence-electron chi connectivity index (χ4n) is 3.93. The molecule has 23 heavy (non-hydrogen) atoms. The van der Waals surface area contributed by atoms with Crippen LogP contribution in [0.15, 0.2) is 12.1 Å². The van der Waals surface area contributed by atoms with Crippen molar-refractivity contribution in [2.24, 2.45) is 5.92 Å². The largest absolute Gasteiger partial charge is 0.416 e. The molecule has 0 spiro atoms. The summed E-state index contributed by atoms with van der Waals surface area (Å²) in [6.45, 7) is 1.33. The second-order valence-electron chi connectivity index (χ2n) is 6.57. The Labute approximate surface area is 132 Å². The molecular formula is C17H20F3NO2. The third kappa shape index (κ3) is 2.53. The van der Waals surface area contributed by atoms with Gasteiger partial charge in [-0.3, -0.25) is 4.79 Å². The standard InChI is InChI=1S/C17H20F3NO2/c1-10-12(17(18,19)20)8-9-13-14(10)21-15(22)16(13,23)11-6-4-2-3-5-7-11/h8-9,11,23H,2-7H2,1H3,(H,21,22). The van der Waals surface area contributed by atoms with Crippen molar-refractivity contribution in [3.63, 3.8) is 0 Å². The van der Waals surface area contributed by atoms with Crippen LogP contribution >= 0.6 is 0 Å². The number of anilines is 1. The average Bonchev–Trinajstić information content (AvgIpc) is 2.68. The number of fused-ring (bicyclic) bond motifs is 1. The van der Waals surface area contributed by atoms with E-state index in [4.69, 9.17) is 0 Å². The smallest absolute Gasteiger partial charge is 0.375 e. The average molecular weight is 327 g/mol. The number of rotatable bonds is 1. The lowest BCUT2D eigenvalue weighted by atomic mass is 9.77. The van der Waals surface area contributed by atoms with Crippen molar-refractivity contribution in [3.8, 4) is 0 Å². The Balaban J connectivity index is 2.07. The molecule has 1 unspecified atom stereocenters. The molecule has 1 amide bonds. The Bertz CT molecular complexity index is 633. The van der Waals surface area contributed by atoms with Gasteiger partial charge in [-0.1, -0.05) is 31.7 Å². The van der Waals surface area contributed by atoms with Crippen LogP contribution in [0.4, 0.5) is 18.9 Å². The minimum Gasteiger partial charge on any atom is -0.375 e. The van der Waals surface area contributed by atoms with E-state index in [1.807, 2.05) is 0 Å². The maximum Gasteiger partial charge on any atom is 0.416 e. The summed E-state index contributed by atoms with van der Waals surface area (Å²) in [4.78, 5) is 12.4. The first-order chi connectivity index (χ1) is 10.8. The number of benzene rings is 1. The molecule has 3 rings (SSSR count). The van der Waals surface area contributed by atoms with E-state index in [2.05, 4.69) is 5.32 Å². The van der Waals surface area contributed by atoms with Gasteiger partial charge in [0.25, 0.3) is 5.91 Å². The van der Waals surface area contributed by atoms with Gasteiger partial charge in [0.15, 0.2) is 5.60 Å². The Kier molecular flexibility index (Phi) is 3.91. The minimum absolute atomic E-state index is 0.0344. The van der Waals surface area contributed by atoms with E-state index in [1.54, 1.807) is 0 Å². The van der Waals surface area contributed by atoms with E-state index < -0.39 is 23.2 Å². The van der Waals surface area contributed by atoms with E-state index in [1.165, 1.54) is 13.0 Å². The summed E-state index contributed by atoms with van der Waals surface area (Å²) < 4.78 is 39.1. The maximum absolute atomic E-state index is 13.0. The zero-order valence-corrected chi connectivity index (χ0v) is 13.0. The van der Waals surface area contributed by atoms with Gasteiger partial charge in [0, 0.05) is 11.5 Å². The molecule has 0 saturated heterocycles. The number of nitrogens with one attached hydrogen (secondary N) is 1. The topological polar surface area (TPSA) is 49.3 Å². The molecule has 6 heteroatoms. The molecule has 1 aromatic rings. The lowest BCUT2D eigenvalue weighted by molar-refractivity contribution is -0.140. The molecule has 1 aliphatic heterocycles. The third-order valence-electron chi connectivity index (χ3n) is 5.21. The van der Waals surface area contributed by atoms with E-state index >= 15 is 0 Å². The van der Waals surface area contributed by atoms with Crippen LogP contribution in [0, 0.1) is 12.8 Å². The van der Waals surface area contributed by atoms with Gasteiger partial charge < -0.3 is 10.4 Å². The molecule has 2 aliphatic rings. The molecule has 1 aliphatic carbocycles. The Morgan fingerprint density at radius 1 is 1.17 bits per heavy atom. The predicted molar refractivity (Wildman–Crippen MR) is 79.9 cm³/mol. The number of hydrogen-bond acceptors (Lipinski definition) is 2. The van der Waals surface area contributed by atoms with Crippen LogP contribution in [0.1, 0.15) is 55.2 Å². The van der Waals surface area contributed by atoms with Crippen LogP contribution in [0.3, 0.4) is 0 Å². The summed E-state index contributed by atoms with van der Waals surface area (Å²) in [5, 5.41) is 13.6. The first-order valence-corrected chi connectivity index (χ1v) is 8.01. The summed E-state index contributed by atoms with van der Waals surface area (Å²) in [6.07, 6.45) is 0.921. The molecule has 1 aromatic carbocycles. The zero-order chi connectivity index (χ0) is 16.8. The summed E-state index contributed by atoms with van der Waals surface area (Å²) in [5.74, 6) is -0.843. The first-order valence-electron chi connectivity index (χ1n) is 8.01. The van der Waals surface area contributed by atoms with Crippen LogP contribution in [-0.4, -0.2) is 11.0 Å². The molecule has 0 aromatic heterocycles. The van der Waals surface area contributed by atoms with Gasteiger partial charge in [0.2, 0.25) is 0 Å². The Morgan fingerprint density at radius 3 is 2.35 bits per heavy atom. The van der Waals surface area contributed by atoms with Crippen LogP contribution < -0.4 is 5.32 Å². The van der Waals surface area contributed by atoms with Gasteiger partial charge in [-0.05, 0) is 31.4 Å². The fourth-order valence-corrected chi connectivity index (χ4v) is 3.93. The molecule has 3 nitrogen and oxygen atoms in total. The maximum atomic E-state index is 13.0. The summed E-state index contributed by atoms with van der Waals surface area (Å²) in [5.41, 5.74) is -2.11. The van der Waals surface area contributed by atoms with Gasteiger partial charge >= 0.3 is 6.18 Å². The molecule has 1 fully saturated rings. The van der Waals surface area contributed by atoms with Crippen molar-refractivity contribution in [2.75, 3.05) is 5.32 Å². The Hall–Kier alpha value is -1.56. The lowest BCUT2D eigenvalue weighted by Crippen LogP contribution is -2.41. The zero-order valence-electron chi connectivity index (χ0n) is 13.0. The van der Waals surface area contributed by atoms with Crippen LogP contribution in [0.2, 0.25) is 0 Å². The van der Waals surface area contributed by atoms with Gasteiger partial charge in [-0.2, -0.15) is 13.2 Å². The highest BCUT2D eigenvalue weighted by atomic mass is 19.4. The number of halogens is 3. The van der Waals surface area contributed by atoms with Gasteiger partial charge in [0.05, 0.1) is 11.3 Å². The number of alkyl halides is 3. The molecule has 1 saturated carbocycles. The number of amides is 1. The summed E-state index contributed by atoms with van der Waals surface area (Å²) in [6, 6.07) is 2.23. The van der Waals surface area contributed by atoms with Crippen molar-refractivity contribution in [3.05, 3.63) is 28.8 Å². The van der Waals surface area contributed by atoms with Gasteiger partial charge in [0.1, 0.15) is 0 Å². The quantitative estimate of drug-likeness (QED) is 0.762. The highest BCUT2D eigenvalue weighted by molar-refractivity contribution is 6.06. The van der Waals surface area contributed by atoms with Crippen molar-refractivity contribution in [2.45, 2.75) is 57.2 Å². The van der Waals surface area contributed by atoms with Gasteiger partial charge in [-0.25, -0.2) is 0 Å². The van der Waals surface area contributed by atoms with Crippen molar-refractivity contribution >= 4 is 11.6 Å². The number of aliphatic hydroxyl groups is 1. The third-order valence-corrected chi connectivity index (χ3v) is 5.21. The van der Waals surface area contributed by atoms with Crippen LogP contribution in [-0.2, 0) is 16.6 Å². The highest BCUT2D eigenvalue weighted by Gasteiger charge is 2.52.